The van der Waals surface area contributed by atoms with Crippen LogP contribution in [0.5, 0.6) is 0 Å². The van der Waals surface area contributed by atoms with E-state index in [9.17, 15) is 4.79 Å². The smallest absolute Gasteiger partial charge is 0.251 e. The molecule has 2 unspecified atom stereocenters. The van der Waals surface area contributed by atoms with Crippen LogP contribution in [0.3, 0.4) is 0 Å². The van der Waals surface area contributed by atoms with E-state index in [1.165, 1.54) is 12.8 Å². The third-order valence-corrected chi connectivity index (χ3v) is 4.37. The summed E-state index contributed by atoms with van der Waals surface area (Å²) < 4.78 is 5.47. The van der Waals surface area contributed by atoms with Crippen LogP contribution in [0.1, 0.15) is 48.9 Å². The first-order valence-electron chi connectivity index (χ1n) is 7.95. The van der Waals surface area contributed by atoms with E-state index >= 15 is 0 Å². The van der Waals surface area contributed by atoms with Gasteiger partial charge in [0, 0.05) is 30.4 Å². The molecule has 0 bridgehead atoms. The van der Waals surface area contributed by atoms with Crippen LogP contribution in [0, 0.1) is 0 Å². The van der Waals surface area contributed by atoms with Crippen LogP contribution in [0.2, 0.25) is 0 Å². The minimum absolute atomic E-state index is 0.0413. The van der Waals surface area contributed by atoms with E-state index in [-0.39, 0.29) is 5.91 Å². The average Bonchev–Trinajstić information content (AvgIpc) is 3.31. The predicted octanol–water partition coefficient (Wildman–Crippen LogP) is 2.95. The number of carbonyl (C=O) groups is 1. The van der Waals surface area contributed by atoms with E-state index < -0.39 is 0 Å². The SMILES string of the molecule is COC1CCCC(Nc2cccc(C(=O)NC3CC3)c2)C1. The van der Waals surface area contributed by atoms with Crippen molar-refractivity contribution in [2.75, 3.05) is 12.4 Å². The molecule has 0 spiro atoms. The van der Waals surface area contributed by atoms with Crippen molar-refractivity contribution < 1.29 is 9.53 Å². The Morgan fingerprint density at radius 3 is 2.81 bits per heavy atom. The van der Waals surface area contributed by atoms with E-state index in [1.54, 1.807) is 7.11 Å². The van der Waals surface area contributed by atoms with E-state index in [0.717, 1.165) is 36.9 Å². The second-order valence-corrected chi connectivity index (χ2v) is 6.19. The molecule has 2 aliphatic carbocycles. The molecule has 2 atom stereocenters. The van der Waals surface area contributed by atoms with Gasteiger partial charge in [-0.2, -0.15) is 0 Å². The molecule has 3 rings (SSSR count). The molecular formula is C17H24N2O2. The van der Waals surface area contributed by atoms with Crippen molar-refractivity contribution in [2.24, 2.45) is 0 Å². The summed E-state index contributed by atoms with van der Waals surface area (Å²) in [6.45, 7) is 0. The molecule has 0 radical (unpaired) electrons. The molecule has 4 nitrogen and oxygen atoms in total. The maximum absolute atomic E-state index is 12.1. The first-order valence-corrected chi connectivity index (χ1v) is 7.95. The van der Waals surface area contributed by atoms with Crippen molar-refractivity contribution in [3.05, 3.63) is 29.8 Å². The molecule has 2 aliphatic rings. The maximum atomic E-state index is 12.1. The quantitative estimate of drug-likeness (QED) is 0.876. The molecule has 0 heterocycles. The predicted molar refractivity (Wildman–Crippen MR) is 83.6 cm³/mol. The number of benzene rings is 1. The van der Waals surface area contributed by atoms with Crippen LogP contribution in [0.4, 0.5) is 5.69 Å². The fourth-order valence-electron chi connectivity index (χ4n) is 2.97. The number of amides is 1. The number of hydrogen-bond donors (Lipinski definition) is 2. The Morgan fingerprint density at radius 2 is 2.05 bits per heavy atom. The Kier molecular flexibility index (Phi) is 4.44. The molecule has 2 saturated carbocycles. The van der Waals surface area contributed by atoms with Gasteiger partial charge in [-0.05, 0) is 56.7 Å². The molecule has 21 heavy (non-hydrogen) atoms. The number of methoxy groups -OCH3 is 1. The summed E-state index contributed by atoms with van der Waals surface area (Å²) in [7, 11) is 1.79. The minimum Gasteiger partial charge on any atom is -0.382 e. The normalized spacial score (nSPS) is 25.4. The zero-order valence-electron chi connectivity index (χ0n) is 12.6. The highest BCUT2D eigenvalue weighted by Gasteiger charge is 2.24. The van der Waals surface area contributed by atoms with Crippen LogP contribution in [-0.4, -0.2) is 31.2 Å². The van der Waals surface area contributed by atoms with Crippen molar-refractivity contribution in [1.29, 1.82) is 0 Å². The third-order valence-electron chi connectivity index (χ3n) is 4.37. The molecule has 1 aromatic carbocycles. The Labute approximate surface area is 126 Å². The number of carbonyl (C=O) groups excluding carboxylic acids is 1. The molecular weight excluding hydrogens is 264 g/mol. The Morgan fingerprint density at radius 1 is 1.19 bits per heavy atom. The van der Waals surface area contributed by atoms with Gasteiger partial charge in [0.2, 0.25) is 0 Å². The zero-order valence-corrected chi connectivity index (χ0v) is 12.6. The second kappa shape index (κ2) is 6.48. The Hall–Kier alpha value is -1.55. The standard InChI is InChI=1S/C17H24N2O2/c1-21-16-7-3-6-15(11-16)18-14-5-2-4-12(10-14)17(20)19-13-8-9-13/h2,4-5,10,13,15-16,18H,3,6-9,11H2,1H3,(H,19,20). The van der Waals surface area contributed by atoms with Gasteiger partial charge in [-0.15, -0.1) is 0 Å². The second-order valence-electron chi connectivity index (χ2n) is 6.19. The summed E-state index contributed by atoms with van der Waals surface area (Å²) in [6.07, 6.45) is 7.13. The molecule has 0 aliphatic heterocycles. The van der Waals surface area contributed by atoms with Crippen LogP contribution in [-0.2, 0) is 4.74 Å². The highest BCUT2D eigenvalue weighted by molar-refractivity contribution is 5.95. The fraction of sp³-hybridized carbons (Fsp3) is 0.588. The molecule has 1 aromatic rings. The summed E-state index contributed by atoms with van der Waals surface area (Å²) in [6, 6.07) is 8.64. The van der Waals surface area contributed by atoms with Gasteiger partial charge in [0.25, 0.3) is 5.91 Å². The van der Waals surface area contributed by atoms with Crippen LogP contribution in [0.25, 0.3) is 0 Å². The number of rotatable bonds is 5. The van der Waals surface area contributed by atoms with Crippen LogP contribution >= 0.6 is 0 Å². The minimum atomic E-state index is 0.0413. The monoisotopic (exact) mass is 288 g/mol. The number of nitrogens with one attached hydrogen (secondary N) is 2. The van der Waals surface area contributed by atoms with Crippen molar-refractivity contribution >= 4 is 11.6 Å². The molecule has 114 valence electrons. The molecule has 0 aromatic heterocycles. The summed E-state index contributed by atoms with van der Waals surface area (Å²) >= 11 is 0. The van der Waals surface area contributed by atoms with Gasteiger partial charge >= 0.3 is 0 Å². The Bertz CT molecular complexity index is 499. The van der Waals surface area contributed by atoms with Gasteiger partial charge in [0.05, 0.1) is 6.10 Å². The van der Waals surface area contributed by atoms with Crippen LogP contribution in [0.15, 0.2) is 24.3 Å². The highest BCUT2D eigenvalue weighted by atomic mass is 16.5. The van der Waals surface area contributed by atoms with Gasteiger partial charge in [-0.3, -0.25) is 4.79 Å². The summed E-state index contributed by atoms with van der Waals surface area (Å²) in [5.41, 5.74) is 1.77. The summed E-state index contributed by atoms with van der Waals surface area (Å²) in [4.78, 5) is 12.1. The lowest BCUT2D eigenvalue weighted by Crippen LogP contribution is -2.31. The first-order chi connectivity index (χ1) is 10.2. The van der Waals surface area contributed by atoms with E-state index in [4.69, 9.17) is 4.74 Å². The molecule has 0 saturated heterocycles. The van der Waals surface area contributed by atoms with Gasteiger partial charge in [0.1, 0.15) is 0 Å². The molecule has 4 heteroatoms. The third kappa shape index (κ3) is 3.97. The lowest BCUT2D eigenvalue weighted by atomic mass is 9.92. The van der Waals surface area contributed by atoms with Crippen molar-refractivity contribution in [1.82, 2.24) is 5.32 Å². The van der Waals surface area contributed by atoms with Gasteiger partial charge in [-0.25, -0.2) is 0 Å². The maximum Gasteiger partial charge on any atom is 0.251 e. The van der Waals surface area contributed by atoms with Gasteiger partial charge in [-0.1, -0.05) is 6.07 Å². The number of hydrogen-bond acceptors (Lipinski definition) is 3. The van der Waals surface area contributed by atoms with Gasteiger partial charge < -0.3 is 15.4 Å². The molecule has 2 fully saturated rings. The number of anilines is 1. The summed E-state index contributed by atoms with van der Waals surface area (Å²) in [5, 5.41) is 6.58. The van der Waals surface area contributed by atoms with Gasteiger partial charge in [0.15, 0.2) is 0 Å². The molecule has 2 N–H and O–H groups in total. The first kappa shape index (κ1) is 14.4. The Balaban J connectivity index is 1.61. The lowest BCUT2D eigenvalue weighted by Gasteiger charge is -2.29. The van der Waals surface area contributed by atoms with E-state index in [0.29, 0.717) is 18.2 Å². The fourth-order valence-corrected chi connectivity index (χ4v) is 2.97. The largest absolute Gasteiger partial charge is 0.382 e. The van der Waals surface area contributed by atoms with E-state index in [2.05, 4.69) is 10.6 Å². The lowest BCUT2D eigenvalue weighted by molar-refractivity contribution is 0.0669. The highest BCUT2D eigenvalue weighted by Crippen LogP contribution is 2.24. The van der Waals surface area contributed by atoms with Crippen molar-refractivity contribution in [3.8, 4) is 0 Å². The summed E-state index contributed by atoms with van der Waals surface area (Å²) in [5.74, 6) is 0.0413. The topological polar surface area (TPSA) is 50.4 Å². The van der Waals surface area contributed by atoms with Crippen LogP contribution < -0.4 is 10.6 Å². The van der Waals surface area contributed by atoms with Crippen molar-refractivity contribution in [3.63, 3.8) is 0 Å². The zero-order chi connectivity index (χ0) is 14.7. The van der Waals surface area contributed by atoms with E-state index in [1.807, 2.05) is 24.3 Å². The number of ether oxygens (including phenoxy) is 1. The average molecular weight is 288 g/mol. The molecule has 1 amide bonds. The van der Waals surface area contributed by atoms with Crippen molar-refractivity contribution in [2.45, 2.75) is 56.7 Å².